The molecule has 1 aromatic carbocycles. The summed E-state index contributed by atoms with van der Waals surface area (Å²) in [6.45, 7) is 1.46. The van der Waals surface area contributed by atoms with Gasteiger partial charge in [-0.3, -0.25) is 4.79 Å². The number of benzene rings is 1. The Morgan fingerprint density at radius 3 is 2.89 bits per heavy atom. The molecule has 0 heterocycles. The monoisotopic (exact) mass is 262 g/mol. The lowest BCUT2D eigenvalue weighted by atomic mass is 9.73. The van der Waals surface area contributed by atoms with Gasteiger partial charge in [-0.1, -0.05) is 18.2 Å². The number of methoxy groups -OCH3 is 1. The van der Waals surface area contributed by atoms with Crippen LogP contribution in [0.25, 0.3) is 6.08 Å². The van der Waals surface area contributed by atoms with Gasteiger partial charge in [0.25, 0.3) is 0 Å². The number of rotatable bonds is 4. The van der Waals surface area contributed by atoms with Crippen LogP contribution in [0.1, 0.15) is 24.5 Å². The van der Waals surface area contributed by atoms with Crippen LogP contribution in [0.5, 0.6) is 5.75 Å². The van der Waals surface area contributed by atoms with Crippen LogP contribution in [0.2, 0.25) is 0 Å². The van der Waals surface area contributed by atoms with Crippen molar-refractivity contribution in [3.05, 3.63) is 35.4 Å². The number of hydrogen-bond acceptors (Lipinski definition) is 4. The third kappa shape index (κ3) is 2.63. The number of carbonyl (C=O) groups is 1. The maximum atomic E-state index is 11.0. The highest BCUT2D eigenvalue weighted by atomic mass is 16.5. The van der Waals surface area contributed by atoms with E-state index in [2.05, 4.69) is 0 Å². The van der Waals surface area contributed by atoms with Gasteiger partial charge in [-0.2, -0.15) is 0 Å². The third-order valence-corrected chi connectivity index (χ3v) is 3.49. The summed E-state index contributed by atoms with van der Waals surface area (Å²) >= 11 is 0. The summed E-state index contributed by atoms with van der Waals surface area (Å²) in [6, 6.07) is 5.73. The van der Waals surface area contributed by atoms with Crippen LogP contribution in [-0.2, 0) is 14.9 Å². The van der Waals surface area contributed by atoms with Crippen molar-refractivity contribution in [1.29, 1.82) is 0 Å². The molecular weight excluding hydrogens is 244 g/mol. The summed E-state index contributed by atoms with van der Waals surface area (Å²) in [5.41, 5.74) is 1.40. The maximum absolute atomic E-state index is 11.0. The van der Waals surface area contributed by atoms with Crippen LogP contribution in [0.4, 0.5) is 0 Å². The third-order valence-electron chi connectivity index (χ3n) is 3.49. The first-order valence-corrected chi connectivity index (χ1v) is 6.20. The quantitative estimate of drug-likeness (QED) is 0.842. The van der Waals surface area contributed by atoms with Crippen LogP contribution in [0, 0.1) is 0 Å². The van der Waals surface area contributed by atoms with Crippen molar-refractivity contribution in [2.45, 2.75) is 18.8 Å². The molecule has 1 aliphatic rings. The summed E-state index contributed by atoms with van der Waals surface area (Å²) in [4.78, 5) is 11.0. The lowest BCUT2D eigenvalue weighted by Gasteiger charge is -2.34. The zero-order valence-corrected chi connectivity index (χ0v) is 11.2. The van der Waals surface area contributed by atoms with Crippen molar-refractivity contribution in [2.75, 3.05) is 20.3 Å². The van der Waals surface area contributed by atoms with Crippen LogP contribution in [0.15, 0.2) is 24.3 Å². The zero-order valence-electron chi connectivity index (χ0n) is 11.2. The van der Waals surface area contributed by atoms with Crippen molar-refractivity contribution in [3.8, 4) is 5.75 Å². The molecule has 4 nitrogen and oxygen atoms in total. The fourth-order valence-corrected chi connectivity index (χ4v) is 2.36. The smallest absolute Gasteiger partial charge is 0.302 e. The Labute approximate surface area is 112 Å². The van der Waals surface area contributed by atoms with Gasteiger partial charge in [0.05, 0.1) is 19.1 Å². The van der Waals surface area contributed by atoms with Crippen molar-refractivity contribution in [3.63, 3.8) is 0 Å². The van der Waals surface area contributed by atoms with Crippen LogP contribution >= 0.6 is 0 Å². The number of hydrogen-bond donors (Lipinski definition) is 1. The summed E-state index contributed by atoms with van der Waals surface area (Å²) in [5, 5.41) is 9.80. The first-order chi connectivity index (χ1) is 9.11. The van der Waals surface area contributed by atoms with E-state index < -0.39 is 5.41 Å². The minimum atomic E-state index is -0.579. The van der Waals surface area contributed by atoms with Crippen LogP contribution < -0.4 is 4.74 Å². The first kappa shape index (κ1) is 13.6. The number of aliphatic hydroxyl groups is 1. The molecule has 0 bridgehead atoms. The molecular formula is C15H18O4. The number of ether oxygens (including phenoxy) is 2. The van der Waals surface area contributed by atoms with Gasteiger partial charge >= 0.3 is 5.97 Å². The average molecular weight is 262 g/mol. The zero-order chi connectivity index (χ0) is 13.9. The molecule has 19 heavy (non-hydrogen) atoms. The van der Waals surface area contributed by atoms with E-state index in [1.807, 2.05) is 30.4 Å². The van der Waals surface area contributed by atoms with E-state index in [0.717, 1.165) is 16.9 Å². The molecule has 0 aromatic heterocycles. The Balaban J connectivity index is 2.41. The van der Waals surface area contributed by atoms with Crippen LogP contribution in [-0.4, -0.2) is 31.4 Å². The molecule has 0 radical (unpaired) electrons. The normalized spacial score (nSPS) is 20.8. The molecule has 4 heteroatoms. The highest BCUT2D eigenvalue weighted by molar-refractivity contribution is 5.66. The minimum absolute atomic E-state index is 0.0786. The Morgan fingerprint density at radius 2 is 2.26 bits per heavy atom. The van der Waals surface area contributed by atoms with Gasteiger partial charge in [-0.15, -0.1) is 0 Å². The van der Waals surface area contributed by atoms with Crippen molar-refractivity contribution >= 4 is 12.0 Å². The molecule has 1 atom stereocenters. The number of carbonyl (C=O) groups excluding carboxylic acids is 1. The molecule has 2 rings (SSSR count). The largest absolute Gasteiger partial charge is 0.497 e. The number of esters is 1. The Kier molecular flexibility index (Phi) is 3.90. The van der Waals surface area contributed by atoms with Gasteiger partial charge in [0, 0.05) is 6.92 Å². The van der Waals surface area contributed by atoms with Crippen LogP contribution in [0.3, 0.4) is 0 Å². The van der Waals surface area contributed by atoms with E-state index in [4.69, 9.17) is 9.47 Å². The van der Waals surface area contributed by atoms with E-state index in [1.165, 1.54) is 6.92 Å². The number of fused-ring (bicyclic) bond motifs is 1. The molecule has 102 valence electrons. The first-order valence-electron chi connectivity index (χ1n) is 6.20. The lowest BCUT2D eigenvalue weighted by molar-refractivity contribution is -0.143. The molecule has 0 saturated heterocycles. The summed E-state index contributed by atoms with van der Waals surface area (Å²) < 4.78 is 10.4. The van der Waals surface area contributed by atoms with Gasteiger partial charge in [0.1, 0.15) is 12.4 Å². The second-order valence-corrected chi connectivity index (χ2v) is 4.78. The average Bonchev–Trinajstić information content (AvgIpc) is 2.44. The van der Waals surface area contributed by atoms with Crippen molar-refractivity contribution < 1.29 is 19.4 Å². The van der Waals surface area contributed by atoms with Crippen molar-refractivity contribution in [1.82, 2.24) is 0 Å². The predicted molar refractivity (Wildman–Crippen MR) is 72.0 cm³/mol. The molecule has 0 unspecified atom stereocenters. The Morgan fingerprint density at radius 1 is 1.47 bits per heavy atom. The van der Waals surface area contributed by atoms with Gasteiger partial charge in [0.2, 0.25) is 0 Å². The highest BCUT2D eigenvalue weighted by Gasteiger charge is 2.36. The maximum Gasteiger partial charge on any atom is 0.302 e. The van der Waals surface area contributed by atoms with Gasteiger partial charge < -0.3 is 14.6 Å². The minimum Gasteiger partial charge on any atom is -0.497 e. The van der Waals surface area contributed by atoms with Gasteiger partial charge in [-0.25, -0.2) is 0 Å². The predicted octanol–water partition coefficient (Wildman–Crippen LogP) is 1.91. The fraction of sp³-hybridized carbons (Fsp3) is 0.400. The van der Waals surface area contributed by atoms with E-state index in [9.17, 15) is 9.90 Å². The van der Waals surface area contributed by atoms with Gasteiger partial charge in [0.15, 0.2) is 0 Å². The fourth-order valence-electron chi connectivity index (χ4n) is 2.36. The van der Waals surface area contributed by atoms with Crippen molar-refractivity contribution in [2.24, 2.45) is 0 Å². The van der Waals surface area contributed by atoms with E-state index >= 15 is 0 Å². The Bertz CT molecular complexity index is 507. The Hall–Kier alpha value is -1.81. The molecule has 0 aliphatic heterocycles. The number of allylic oxidation sites excluding steroid dienone is 1. The molecule has 0 fully saturated rings. The standard InChI is InChI=1S/C15H18O4/c1-11(17)19-10-15(9-16)7-3-4-12-5-6-13(18-2)8-14(12)15/h3-6,8,16H,7,9-10H2,1-2H3/t15-/m1/s1. The van der Waals surface area contributed by atoms with E-state index in [0.29, 0.717) is 6.42 Å². The van der Waals surface area contributed by atoms with E-state index in [-0.39, 0.29) is 19.2 Å². The molecule has 1 aliphatic carbocycles. The molecule has 0 spiro atoms. The number of aliphatic hydroxyl groups excluding tert-OH is 1. The van der Waals surface area contributed by atoms with Gasteiger partial charge in [-0.05, 0) is 29.7 Å². The van der Waals surface area contributed by atoms with E-state index in [1.54, 1.807) is 7.11 Å². The summed E-state index contributed by atoms with van der Waals surface area (Å²) in [7, 11) is 1.60. The second kappa shape index (κ2) is 5.45. The highest BCUT2D eigenvalue weighted by Crippen LogP contribution is 2.37. The SMILES string of the molecule is COc1ccc2c(c1)[C@](CO)(COC(C)=O)CC=C2. The molecule has 0 saturated carbocycles. The molecule has 0 amide bonds. The topological polar surface area (TPSA) is 55.8 Å². The second-order valence-electron chi connectivity index (χ2n) is 4.78. The molecule has 1 aromatic rings. The summed E-state index contributed by atoms with van der Waals surface area (Å²) in [5.74, 6) is 0.390. The molecule has 1 N–H and O–H groups in total. The summed E-state index contributed by atoms with van der Waals surface area (Å²) in [6.07, 6.45) is 4.64. The lowest BCUT2D eigenvalue weighted by Crippen LogP contribution is -2.38.